The number of urea groups is 1. The monoisotopic (exact) mass is 585 g/mol. The van der Waals surface area contributed by atoms with E-state index in [-0.39, 0.29) is 49.1 Å². The van der Waals surface area contributed by atoms with Crippen LogP contribution in [0.3, 0.4) is 0 Å². The Bertz CT molecular complexity index is 1400. The van der Waals surface area contributed by atoms with E-state index < -0.39 is 0 Å². The Morgan fingerprint density at radius 3 is 2.74 bits per heavy atom. The van der Waals surface area contributed by atoms with Gasteiger partial charge in [0.1, 0.15) is 11.9 Å². The smallest absolute Gasteiger partial charge is 0.319 e. The number of benzene rings is 2. The van der Waals surface area contributed by atoms with Crippen molar-refractivity contribution in [2.24, 2.45) is 5.92 Å². The summed E-state index contributed by atoms with van der Waals surface area (Å²) in [6, 6.07) is 17.1. The van der Waals surface area contributed by atoms with Gasteiger partial charge in [-0.3, -0.25) is 14.7 Å². The van der Waals surface area contributed by atoms with Crippen molar-refractivity contribution < 1.29 is 19.4 Å². The average molecular weight is 586 g/mol. The fraction of sp³-hybridized carbons (Fsp3) is 0.441. The zero-order valence-corrected chi connectivity index (χ0v) is 25.3. The van der Waals surface area contributed by atoms with Gasteiger partial charge < -0.3 is 25.4 Å². The van der Waals surface area contributed by atoms with Crippen molar-refractivity contribution in [1.82, 2.24) is 20.1 Å². The maximum atomic E-state index is 13.6. The lowest BCUT2D eigenvalue weighted by molar-refractivity contribution is -0.134. The summed E-state index contributed by atoms with van der Waals surface area (Å²) in [6.07, 6.45) is 6.43. The van der Waals surface area contributed by atoms with E-state index in [2.05, 4.69) is 46.6 Å². The van der Waals surface area contributed by atoms with Crippen molar-refractivity contribution in [2.75, 3.05) is 32.1 Å². The Morgan fingerprint density at radius 2 is 1.95 bits per heavy atom. The second-order valence-corrected chi connectivity index (χ2v) is 12.0. The summed E-state index contributed by atoms with van der Waals surface area (Å²) < 4.78 is 6.64. The van der Waals surface area contributed by atoms with Gasteiger partial charge in [0.2, 0.25) is 5.91 Å². The van der Waals surface area contributed by atoms with Crippen molar-refractivity contribution >= 4 is 17.6 Å². The first kappa shape index (κ1) is 30.5. The molecule has 1 aromatic heterocycles. The zero-order valence-electron chi connectivity index (χ0n) is 25.3. The number of hydrogen-bond donors (Lipinski definition) is 3. The second-order valence-electron chi connectivity index (χ2n) is 12.0. The van der Waals surface area contributed by atoms with Crippen LogP contribution in [0.4, 0.5) is 10.5 Å². The van der Waals surface area contributed by atoms with Crippen molar-refractivity contribution in [1.29, 1.82) is 0 Å². The predicted molar refractivity (Wildman–Crippen MR) is 167 cm³/mol. The van der Waals surface area contributed by atoms with Crippen LogP contribution < -0.4 is 15.4 Å². The molecule has 4 atom stereocenters. The molecule has 1 aliphatic carbocycles. The quantitative estimate of drug-likeness (QED) is 0.358. The number of carbonyl (C=O) groups is 2. The highest BCUT2D eigenvalue weighted by atomic mass is 16.5. The van der Waals surface area contributed by atoms with E-state index in [1.807, 2.05) is 49.4 Å². The molecule has 0 saturated heterocycles. The van der Waals surface area contributed by atoms with Gasteiger partial charge in [-0.15, -0.1) is 0 Å². The van der Waals surface area contributed by atoms with Crippen LogP contribution in [0.25, 0.3) is 0 Å². The van der Waals surface area contributed by atoms with E-state index in [1.165, 1.54) is 11.1 Å². The van der Waals surface area contributed by atoms with Gasteiger partial charge in [-0.05, 0) is 80.3 Å². The highest BCUT2D eigenvalue weighted by molar-refractivity contribution is 5.90. The largest absolute Gasteiger partial charge is 0.488 e. The van der Waals surface area contributed by atoms with Gasteiger partial charge in [0.25, 0.3) is 0 Å². The molecule has 0 bridgehead atoms. The number of carbonyl (C=O) groups excluding carboxylic acids is 2. The molecule has 3 amide bonds. The Kier molecular flexibility index (Phi) is 9.94. The van der Waals surface area contributed by atoms with E-state index in [9.17, 15) is 14.7 Å². The minimum atomic E-state index is -0.322. The maximum Gasteiger partial charge on any atom is 0.319 e. The molecule has 0 saturated carbocycles. The molecule has 2 heterocycles. The lowest BCUT2D eigenvalue weighted by atomic mass is 9.88. The van der Waals surface area contributed by atoms with Crippen molar-refractivity contribution in [3.05, 3.63) is 89.2 Å². The SMILES string of the molecule is C[C@@H]1CN([C@@H](C)CO)C(=O)Cc2cc(NC(=O)NC3CCCc4ccccc43)ccc2O[C@H]1CN(C)Cc1ccncc1. The van der Waals surface area contributed by atoms with Crippen molar-refractivity contribution in [3.8, 4) is 5.75 Å². The number of ether oxygens (including phenoxy) is 1. The van der Waals surface area contributed by atoms with Gasteiger partial charge in [0.05, 0.1) is 25.1 Å². The summed E-state index contributed by atoms with van der Waals surface area (Å²) in [5.41, 5.74) is 4.91. The third kappa shape index (κ3) is 7.72. The third-order valence-electron chi connectivity index (χ3n) is 8.54. The Balaban J connectivity index is 1.34. The van der Waals surface area contributed by atoms with Gasteiger partial charge in [-0.2, -0.15) is 0 Å². The number of anilines is 1. The molecule has 3 aromatic rings. The molecule has 228 valence electrons. The van der Waals surface area contributed by atoms with Gasteiger partial charge in [0.15, 0.2) is 0 Å². The highest BCUT2D eigenvalue weighted by Gasteiger charge is 2.31. The lowest BCUT2D eigenvalue weighted by Gasteiger charge is -2.34. The number of likely N-dealkylation sites (N-methyl/N-ethyl adjacent to an activating group) is 1. The first-order chi connectivity index (χ1) is 20.8. The van der Waals surface area contributed by atoms with Crippen LogP contribution in [-0.2, 0) is 24.2 Å². The van der Waals surface area contributed by atoms with E-state index >= 15 is 0 Å². The Hall–Kier alpha value is -3.95. The Morgan fingerprint density at radius 1 is 1.16 bits per heavy atom. The molecule has 9 heteroatoms. The molecule has 5 rings (SSSR count). The molecular formula is C34H43N5O4. The van der Waals surface area contributed by atoms with E-state index in [1.54, 1.807) is 17.3 Å². The minimum Gasteiger partial charge on any atom is -0.488 e. The molecule has 2 aromatic carbocycles. The number of hydrogen-bond acceptors (Lipinski definition) is 6. The number of aryl methyl sites for hydroxylation is 1. The van der Waals surface area contributed by atoms with Crippen LogP contribution >= 0.6 is 0 Å². The number of rotatable bonds is 8. The first-order valence-corrected chi connectivity index (χ1v) is 15.2. The maximum absolute atomic E-state index is 13.6. The number of pyridine rings is 1. The number of nitrogens with zero attached hydrogens (tertiary/aromatic N) is 3. The minimum absolute atomic E-state index is 0.00532. The fourth-order valence-electron chi connectivity index (χ4n) is 6.13. The Labute approximate surface area is 254 Å². The standard InChI is InChI=1S/C34H43N5O4/c1-23-19-39(24(2)22-40)33(41)18-27-17-28(36-34(42)37-30-10-6-8-26-7-4-5-9-29(26)30)11-12-31(27)43-32(23)21-38(3)20-25-13-15-35-16-14-25/h4-5,7,9,11-17,23-24,30,32,40H,6,8,10,18-22H2,1-3H3,(H2,36,37,42)/t23-,24+,30?,32+/m1/s1. The molecule has 43 heavy (non-hydrogen) atoms. The van der Waals surface area contributed by atoms with Crippen molar-refractivity contribution in [3.63, 3.8) is 0 Å². The topological polar surface area (TPSA) is 107 Å². The molecular weight excluding hydrogens is 542 g/mol. The molecule has 0 spiro atoms. The van der Waals surface area contributed by atoms with Crippen LogP contribution in [0.15, 0.2) is 67.0 Å². The lowest BCUT2D eigenvalue weighted by Crippen LogP contribution is -2.47. The number of amides is 3. The number of aliphatic hydroxyl groups is 1. The van der Waals surface area contributed by atoms with Crippen LogP contribution in [0.2, 0.25) is 0 Å². The van der Waals surface area contributed by atoms with Crippen LogP contribution in [-0.4, -0.2) is 70.7 Å². The summed E-state index contributed by atoms with van der Waals surface area (Å²) in [7, 11) is 2.06. The number of aromatic nitrogens is 1. The highest BCUT2D eigenvalue weighted by Crippen LogP contribution is 2.31. The van der Waals surface area contributed by atoms with Crippen LogP contribution in [0, 0.1) is 5.92 Å². The summed E-state index contributed by atoms with van der Waals surface area (Å²) >= 11 is 0. The normalized spacial score (nSPS) is 21.0. The fourth-order valence-corrected chi connectivity index (χ4v) is 6.13. The summed E-state index contributed by atoms with van der Waals surface area (Å²) in [6.45, 7) is 5.68. The molecule has 0 radical (unpaired) electrons. The van der Waals surface area contributed by atoms with Crippen LogP contribution in [0.5, 0.6) is 5.75 Å². The summed E-state index contributed by atoms with van der Waals surface area (Å²) in [4.78, 5) is 34.7. The molecule has 3 N–H and O–H groups in total. The third-order valence-corrected chi connectivity index (χ3v) is 8.54. The van der Waals surface area contributed by atoms with Gasteiger partial charge >= 0.3 is 6.03 Å². The molecule has 2 aliphatic rings. The zero-order chi connectivity index (χ0) is 30.3. The molecule has 1 aliphatic heterocycles. The average Bonchev–Trinajstić information content (AvgIpc) is 3.04. The summed E-state index contributed by atoms with van der Waals surface area (Å²) in [5, 5.41) is 16.1. The molecule has 9 nitrogen and oxygen atoms in total. The van der Waals surface area contributed by atoms with Crippen molar-refractivity contribution in [2.45, 2.75) is 64.3 Å². The van der Waals surface area contributed by atoms with E-state index in [4.69, 9.17) is 4.74 Å². The molecule has 0 fully saturated rings. The van der Waals surface area contributed by atoms with E-state index in [0.717, 1.165) is 31.4 Å². The van der Waals surface area contributed by atoms with E-state index in [0.29, 0.717) is 30.1 Å². The predicted octanol–water partition coefficient (Wildman–Crippen LogP) is 4.56. The van der Waals surface area contributed by atoms with Gasteiger partial charge in [-0.25, -0.2) is 4.79 Å². The summed E-state index contributed by atoms with van der Waals surface area (Å²) in [5.74, 6) is 0.559. The number of aliphatic hydroxyl groups excluding tert-OH is 1. The number of fused-ring (bicyclic) bond motifs is 2. The number of nitrogens with one attached hydrogen (secondary N) is 2. The van der Waals surface area contributed by atoms with Gasteiger partial charge in [0, 0.05) is 49.2 Å². The second kappa shape index (κ2) is 14.0. The van der Waals surface area contributed by atoms with Gasteiger partial charge in [-0.1, -0.05) is 31.2 Å². The molecule has 1 unspecified atom stereocenters. The van der Waals surface area contributed by atoms with Crippen LogP contribution in [0.1, 0.15) is 55.0 Å². The first-order valence-electron chi connectivity index (χ1n) is 15.2.